The van der Waals surface area contributed by atoms with Crippen molar-refractivity contribution in [1.82, 2.24) is 8.96 Å². The molecule has 0 saturated carbocycles. The van der Waals surface area contributed by atoms with E-state index in [1.807, 2.05) is 86.6 Å². The number of nitrogens with zero attached hydrogens (tertiary/aromatic N) is 2. The molecule has 0 aliphatic heterocycles. The fourth-order valence-corrected chi connectivity index (χ4v) is 6.33. The molecule has 5 heteroatoms. The van der Waals surface area contributed by atoms with Crippen LogP contribution in [0.1, 0.15) is 11.3 Å². The van der Waals surface area contributed by atoms with Crippen LogP contribution in [-0.2, 0) is 10.0 Å². The highest BCUT2D eigenvalue weighted by molar-refractivity contribution is 7.90. The van der Waals surface area contributed by atoms with Crippen LogP contribution >= 0.6 is 0 Å². The van der Waals surface area contributed by atoms with Crippen LogP contribution in [0.2, 0.25) is 0 Å². The highest BCUT2D eigenvalue weighted by atomic mass is 32.2. The van der Waals surface area contributed by atoms with E-state index in [0.29, 0.717) is 16.7 Å². The highest BCUT2D eigenvalue weighted by Gasteiger charge is 2.26. The zero-order chi connectivity index (χ0) is 24.9. The Bertz CT molecular complexity index is 1840. The van der Waals surface area contributed by atoms with Gasteiger partial charge in [-0.05, 0) is 49.2 Å². The molecule has 176 valence electrons. The smallest absolute Gasteiger partial charge is 0.251 e. The van der Waals surface area contributed by atoms with Gasteiger partial charge in [-0.25, -0.2) is 12.4 Å². The molecule has 0 amide bonds. The first-order valence-electron chi connectivity index (χ1n) is 11.8. The molecule has 6 rings (SSSR count). The average Bonchev–Trinajstić information content (AvgIpc) is 3.24. The quantitative estimate of drug-likeness (QED) is 0.260. The van der Waals surface area contributed by atoms with Crippen molar-refractivity contribution < 1.29 is 8.42 Å². The van der Waals surface area contributed by atoms with Gasteiger partial charge in [-0.2, -0.15) is 0 Å². The van der Waals surface area contributed by atoms with E-state index in [-0.39, 0.29) is 4.90 Å². The lowest BCUT2D eigenvalue weighted by Gasteiger charge is -2.13. The molecule has 0 spiro atoms. The van der Waals surface area contributed by atoms with Gasteiger partial charge in [0.1, 0.15) is 0 Å². The molecule has 0 aliphatic rings. The van der Waals surface area contributed by atoms with Crippen molar-refractivity contribution in [2.45, 2.75) is 18.7 Å². The zero-order valence-corrected chi connectivity index (χ0v) is 20.8. The van der Waals surface area contributed by atoms with Crippen LogP contribution in [0.3, 0.4) is 0 Å². The molecule has 2 heterocycles. The van der Waals surface area contributed by atoms with Gasteiger partial charge in [0.2, 0.25) is 0 Å². The van der Waals surface area contributed by atoms with Crippen LogP contribution in [0.4, 0.5) is 0 Å². The van der Waals surface area contributed by atoms with Crippen LogP contribution in [-0.4, -0.2) is 17.4 Å². The van der Waals surface area contributed by atoms with Gasteiger partial charge in [-0.1, -0.05) is 90.5 Å². The number of aryl methyl sites for hydroxylation is 2. The Kier molecular flexibility index (Phi) is 5.23. The zero-order valence-electron chi connectivity index (χ0n) is 20.0. The van der Waals surface area contributed by atoms with Gasteiger partial charge in [0, 0.05) is 22.0 Å². The summed E-state index contributed by atoms with van der Waals surface area (Å²) in [6.45, 7) is 3.89. The van der Waals surface area contributed by atoms with E-state index in [1.54, 1.807) is 12.1 Å². The molecule has 0 N–H and O–H groups in total. The second-order valence-corrected chi connectivity index (χ2v) is 10.8. The van der Waals surface area contributed by atoms with E-state index in [0.717, 1.165) is 38.7 Å². The Morgan fingerprint density at radius 1 is 0.639 bits per heavy atom. The van der Waals surface area contributed by atoms with E-state index >= 15 is 0 Å². The molecule has 0 atom stereocenters. The van der Waals surface area contributed by atoms with E-state index in [4.69, 9.17) is 4.98 Å². The van der Waals surface area contributed by atoms with Gasteiger partial charge in [-0.15, -0.1) is 0 Å². The fourth-order valence-electron chi connectivity index (χ4n) is 4.79. The van der Waals surface area contributed by atoms with Crippen molar-refractivity contribution in [2.75, 3.05) is 0 Å². The van der Waals surface area contributed by atoms with E-state index in [1.165, 1.54) is 3.97 Å². The van der Waals surface area contributed by atoms with Crippen molar-refractivity contribution in [2.24, 2.45) is 0 Å². The fraction of sp³-hybridized carbons (Fsp3) is 0.0645. The lowest BCUT2D eigenvalue weighted by Crippen LogP contribution is -2.13. The summed E-state index contributed by atoms with van der Waals surface area (Å²) in [5, 5.41) is 1.76. The third-order valence-electron chi connectivity index (χ3n) is 6.56. The number of aromatic nitrogens is 2. The van der Waals surface area contributed by atoms with Crippen molar-refractivity contribution in [3.63, 3.8) is 0 Å². The summed E-state index contributed by atoms with van der Waals surface area (Å²) >= 11 is 0. The molecule has 0 fully saturated rings. The number of benzene rings is 4. The molecule has 2 aromatic heterocycles. The Labute approximate surface area is 210 Å². The van der Waals surface area contributed by atoms with E-state index < -0.39 is 10.0 Å². The summed E-state index contributed by atoms with van der Waals surface area (Å²) in [5.74, 6) is 0. The lowest BCUT2D eigenvalue weighted by molar-refractivity contribution is 0.590. The Hall–Kier alpha value is -4.22. The van der Waals surface area contributed by atoms with Crippen molar-refractivity contribution >= 4 is 31.8 Å². The van der Waals surface area contributed by atoms with Crippen LogP contribution in [0.25, 0.3) is 44.2 Å². The molecule has 0 unspecified atom stereocenters. The predicted molar refractivity (Wildman–Crippen MR) is 147 cm³/mol. The van der Waals surface area contributed by atoms with Crippen molar-refractivity contribution in [1.29, 1.82) is 0 Å². The molecule has 0 saturated heterocycles. The second-order valence-electron chi connectivity index (χ2n) is 9.05. The molecule has 4 aromatic carbocycles. The van der Waals surface area contributed by atoms with Gasteiger partial charge in [-0.3, -0.25) is 4.98 Å². The SMILES string of the molecule is Cc1ccc(S(=O)(=O)n2c3ccccc3c3cc(C)nc(-c4ccc(-c5ccccc5)cc4)c32)cc1. The topological polar surface area (TPSA) is 52.0 Å². The summed E-state index contributed by atoms with van der Waals surface area (Å²) < 4.78 is 29.6. The maximum Gasteiger partial charge on any atom is 0.268 e. The number of hydrogen-bond donors (Lipinski definition) is 0. The predicted octanol–water partition coefficient (Wildman–Crippen LogP) is 7.38. The summed E-state index contributed by atoms with van der Waals surface area (Å²) in [5.41, 5.74) is 6.81. The number of pyridine rings is 1. The molecule has 0 radical (unpaired) electrons. The normalized spacial score (nSPS) is 11.8. The first-order valence-corrected chi connectivity index (χ1v) is 13.3. The van der Waals surface area contributed by atoms with Crippen LogP contribution in [0, 0.1) is 13.8 Å². The number of hydrogen-bond acceptors (Lipinski definition) is 3. The molecule has 6 aromatic rings. The van der Waals surface area contributed by atoms with Crippen LogP contribution < -0.4 is 0 Å². The van der Waals surface area contributed by atoms with Crippen molar-refractivity contribution in [3.8, 4) is 22.4 Å². The maximum atomic E-state index is 14.1. The van der Waals surface area contributed by atoms with Crippen LogP contribution in [0.15, 0.2) is 114 Å². The van der Waals surface area contributed by atoms with Gasteiger partial charge >= 0.3 is 0 Å². The van der Waals surface area contributed by atoms with Crippen LogP contribution in [0.5, 0.6) is 0 Å². The van der Waals surface area contributed by atoms with Gasteiger partial charge in [0.25, 0.3) is 10.0 Å². The van der Waals surface area contributed by atoms with E-state index in [2.05, 4.69) is 24.3 Å². The van der Waals surface area contributed by atoms with Gasteiger partial charge in [0.05, 0.1) is 21.6 Å². The summed E-state index contributed by atoms with van der Waals surface area (Å²) in [4.78, 5) is 5.12. The average molecular weight is 489 g/mol. The number of fused-ring (bicyclic) bond motifs is 3. The maximum absolute atomic E-state index is 14.1. The second kappa shape index (κ2) is 8.47. The monoisotopic (exact) mass is 488 g/mol. The standard InChI is InChI=1S/C31H24N2O2S/c1-21-12-18-26(19-13-21)36(34,35)33-29-11-7-6-10-27(29)28-20-22(2)32-30(31(28)33)25-16-14-24(15-17-25)23-8-4-3-5-9-23/h3-20H,1-2H3. The molecule has 4 nitrogen and oxygen atoms in total. The molecular formula is C31H24N2O2S. The minimum absolute atomic E-state index is 0.252. The Balaban J connectivity index is 1.65. The Morgan fingerprint density at radius 2 is 1.25 bits per heavy atom. The highest BCUT2D eigenvalue weighted by Crippen LogP contribution is 2.38. The molecule has 0 bridgehead atoms. The lowest BCUT2D eigenvalue weighted by atomic mass is 10.0. The third kappa shape index (κ3) is 3.60. The van der Waals surface area contributed by atoms with Crippen molar-refractivity contribution in [3.05, 3.63) is 120 Å². The third-order valence-corrected chi connectivity index (χ3v) is 8.29. The van der Waals surface area contributed by atoms with Gasteiger partial charge < -0.3 is 0 Å². The summed E-state index contributed by atoms with van der Waals surface area (Å²) in [6, 6.07) is 34.9. The summed E-state index contributed by atoms with van der Waals surface area (Å²) in [6.07, 6.45) is 0. The number of rotatable bonds is 4. The van der Waals surface area contributed by atoms with Gasteiger partial charge in [0.15, 0.2) is 0 Å². The number of para-hydroxylation sites is 1. The largest absolute Gasteiger partial charge is 0.268 e. The minimum Gasteiger partial charge on any atom is -0.251 e. The first-order chi connectivity index (χ1) is 17.4. The molecule has 0 aliphatic carbocycles. The minimum atomic E-state index is -3.88. The first kappa shape index (κ1) is 22.3. The molecular weight excluding hydrogens is 464 g/mol. The summed E-state index contributed by atoms with van der Waals surface area (Å²) in [7, 11) is -3.88. The Morgan fingerprint density at radius 3 is 1.97 bits per heavy atom. The van der Waals surface area contributed by atoms with E-state index in [9.17, 15) is 8.42 Å². The molecule has 36 heavy (non-hydrogen) atoms.